The Balaban J connectivity index is 2.84. The van der Waals surface area contributed by atoms with Crippen LogP contribution < -0.4 is 5.73 Å². The van der Waals surface area contributed by atoms with Crippen LogP contribution in [0.3, 0.4) is 0 Å². The van der Waals surface area contributed by atoms with Crippen molar-refractivity contribution in [1.29, 1.82) is 0 Å². The van der Waals surface area contributed by atoms with Crippen molar-refractivity contribution in [2.75, 3.05) is 25.1 Å². The molecule has 1 aliphatic rings. The fourth-order valence-electron chi connectivity index (χ4n) is 2.55. The second-order valence-electron chi connectivity index (χ2n) is 5.16. The molecule has 2 N–H and O–H groups in total. The van der Waals surface area contributed by atoms with Crippen molar-refractivity contribution in [3.8, 4) is 0 Å². The summed E-state index contributed by atoms with van der Waals surface area (Å²) in [5, 5.41) is 0. The maximum atomic E-state index is 12.5. The van der Waals surface area contributed by atoms with Crippen molar-refractivity contribution < 1.29 is 13.2 Å². The Morgan fingerprint density at radius 3 is 2.28 bits per heavy atom. The molecule has 1 amide bonds. The summed E-state index contributed by atoms with van der Waals surface area (Å²) in [7, 11) is -1.27. The Kier molecular flexibility index (Phi) is 4.78. The lowest BCUT2D eigenvalue weighted by molar-refractivity contribution is -0.142. The van der Waals surface area contributed by atoms with Crippen LogP contribution in [0.5, 0.6) is 0 Å². The van der Waals surface area contributed by atoms with E-state index in [1.54, 1.807) is 11.9 Å². The number of rotatable bonds is 5. The van der Waals surface area contributed by atoms with Gasteiger partial charge in [-0.1, -0.05) is 13.8 Å². The van der Waals surface area contributed by atoms with Crippen LogP contribution in [0.25, 0.3) is 0 Å². The number of hydrogen-bond acceptors (Lipinski definition) is 4. The van der Waals surface area contributed by atoms with Gasteiger partial charge in [0.05, 0.1) is 16.9 Å². The summed E-state index contributed by atoms with van der Waals surface area (Å²) in [5.74, 6) is 0.254. The van der Waals surface area contributed by atoms with Crippen LogP contribution in [-0.2, 0) is 14.6 Å². The van der Waals surface area contributed by atoms with Gasteiger partial charge in [0.25, 0.3) is 0 Å². The van der Waals surface area contributed by atoms with E-state index in [1.807, 2.05) is 13.8 Å². The molecule has 1 atom stereocenters. The van der Waals surface area contributed by atoms with Crippen molar-refractivity contribution in [1.82, 2.24) is 4.90 Å². The highest BCUT2D eigenvalue weighted by Crippen LogP contribution is 2.29. The van der Waals surface area contributed by atoms with E-state index >= 15 is 0 Å². The van der Waals surface area contributed by atoms with E-state index in [0.717, 1.165) is 0 Å². The van der Waals surface area contributed by atoms with Gasteiger partial charge in [-0.05, 0) is 19.3 Å². The number of nitrogens with zero attached hydrogens (tertiary/aromatic N) is 1. The predicted molar refractivity (Wildman–Crippen MR) is 71.9 cm³/mol. The van der Waals surface area contributed by atoms with Crippen molar-refractivity contribution in [2.45, 2.75) is 39.2 Å². The maximum Gasteiger partial charge on any atom is 0.230 e. The molecule has 0 aromatic carbocycles. The van der Waals surface area contributed by atoms with E-state index in [-0.39, 0.29) is 23.5 Å². The van der Waals surface area contributed by atoms with Crippen LogP contribution >= 0.6 is 0 Å². The molecule has 1 aliphatic heterocycles. The first-order valence-corrected chi connectivity index (χ1v) is 8.31. The number of hydrogen-bond donors (Lipinski definition) is 1. The smallest absolute Gasteiger partial charge is 0.230 e. The minimum atomic E-state index is -2.96. The molecule has 6 heteroatoms. The third-order valence-corrected chi connectivity index (χ3v) is 6.02. The molecule has 0 saturated carbocycles. The summed E-state index contributed by atoms with van der Waals surface area (Å²) < 4.78 is 22.9. The van der Waals surface area contributed by atoms with Crippen LogP contribution in [-0.4, -0.2) is 50.4 Å². The van der Waals surface area contributed by atoms with E-state index in [9.17, 15) is 13.2 Å². The van der Waals surface area contributed by atoms with Crippen LogP contribution in [0, 0.1) is 5.41 Å². The molecule has 1 unspecified atom stereocenters. The summed E-state index contributed by atoms with van der Waals surface area (Å²) >= 11 is 0. The van der Waals surface area contributed by atoms with E-state index in [4.69, 9.17) is 5.73 Å². The van der Waals surface area contributed by atoms with Gasteiger partial charge < -0.3 is 10.6 Å². The SMILES string of the molecule is CCC(CC)(CN)C(=O)N(C)C1CCS(=O)(=O)C1. The number of sulfone groups is 1. The summed E-state index contributed by atoms with van der Waals surface area (Å²) in [6, 6.07) is -0.188. The lowest BCUT2D eigenvalue weighted by Gasteiger charge is -2.35. The summed E-state index contributed by atoms with van der Waals surface area (Å²) in [6.07, 6.45) is 1.91. The van der Waals surface area contributed by atoms with Crippen LogP contribution in [0.1, 0.15) is 33.1 Å². The number of nitrogens with two attached hydrogens (primary N) is 1. The van der Waals surface area contributed by atoms with Gasteiger partial charge in [0.2, 0.25) is 5.91 Å². The molecule has 1 saturated heterocycles. The van der Waals surface area contributed by atoms with Gasteiger partial charge >= 0.3 is 0 Å². The van der Waals surface area contributed by atoms with Gasteiger partial charge in [0.1, 0.15) is 0 Å². The van der Waals surface area contributed by atoms with Gasteiger partial charge in [0.15, 0.2) is 9.84 Å². The minimum Gasteiger partial charge on any atom is -0.341 e. The number of carbonyl (C=O) groups is 1. The van der Waals surface area contributed by atoms with Crippen LogP contribution in [0.15, 0.2) is 0 Å². The third-order valence-electron chi connectivity index (χ3n) is 4.27. The monoisotopic (exact) mass is 276 g/mol. The second-order valence-corrected chi connectivity index (χ2v) is 7.39. The van der Waals surface area contributed by atoms with E-state index in [2.05, 4.69) is 0 Å². The first-order valence-electron chi connectivity index (χ1n) is 6.49. The highest BCUT2D eigenvalue weighted by Gasteiger charge is 2.40. The molecule has 106 valence electrons. The van der Waals surface area contributed by atoms with E-state index in [0.29, 0.717) is 25.8 Å². The molecule has 5 nitrogen and oxygen atoms in total. The molecular formula is C12H24N2O3S. The van der Waals surface area contributed by atoms with Gasteiger partial charge in [-0.25, -0.2) is 8.42 Å². The predicted octanol–water partition coefficient (Wildman–Crippen LogP) is 0.397. The Bertz CT molecular complexity index is 393. The third kappa shape index (κ3) is 2.85. The minimum absolute atomic E-state index is 0.0166. The average Bonchev–Trinajstić information content (AvgIpc) is 2.71. The second kappa shape index (κ2) is 5.57. The normalized spacial score (nSPS) is 23.0. The number of amides is 1. The van der Waals surface area contributed by atoms with Crippen molar-refractivity contribution in [2.24, 2.45) is 11.1 Å². The zero-order chi connectivity index (χ0) is 14.0. The summed E-state index contributed by atoms with van der Waals surface area (Å²) in [6.45, 7) is 4.21. The Hall–Kier alpha value is -0.620. The molecule has 0 aromatic heterocycles. The Morgan fingerprint density at radius 2 is 1.94 bits per heavy atom. The topological polar surface area (TPSA) is 80.5 Å². The highest BCUT2D eigenvalue weighted by molar-refractivity contribution is 7.91. The van der Waals surface area contributed by atoms with Crippen molar-refractivity contribution in [3.05, 3.63) is 0 Å². The fraction of sp³-hybridized carbons (Fsp3) is 0.917. The first-order chi connectivity index (χ1) is 8.32. The fourth-order valence-corrected chi connectivity index (χ4v) is 4.32. The van der Waals surface area contributed by atoms with Crippen molar-refractivity contribution >= 4 is 15.7 Å². The Morgan fingerprint density at radius 1 is 1.39 bits per heavy atom. The molecule has 0 aliphatic carbocycles. The van der Waals surface area contributed by atoms with Gasteiger partial charge in [-0.2, -0.15) is 0 Å². The van der Waals surface area contributed by atoms with Gasteiger partial charge in [0, 0.05) is 19.6 Å². The van der Waals surface area contributed by atoms with Crippen LogP contribution in [0.2, 0.25) is 0 Å². The zero-order valence-electron chi connectivity index (χ0n) is 11.5. The van der Waals surface area contributed by atoms with Crippen molar-refractivity contribution in [3.63, 3.8) is 0 Å². The molecule has 0 radical (unpaired) electrons. The lowest BCUT2D eigenvalue weighted by atomic mass is 9.80. The highest BCUT2D eigenvalue weighted by atomic mass is 32.2. The zero-order valence-corrected chi connectivity index (χ0v) is 12.3. The molecule has 1 rings (SSSR count). The molecule has 0 aromatic rings. The Labute approximate surface area is 110 Å². The molecule has 1 heterocycles. The molecule has 0 bridgehead atoms. The van der Waals surface area contributed by atoms with E-state index in [1.165, 1.54) is 0 Å². The number of carbonyl (C=O) groups excluding carboxylic acids is 1. The molecule has 1 fully saturated rings. The van der Waals surface area contributed by atoms with Crippen LogP contribution in [0.4, 0.5) is 0 Å². The molecular weight excluding hydrogens is 252 g/mol. The maximum absolute atomic E-state index is 12.5. The standard InChI is InChI=1S/C12H24N2O3S/c1-4-12(5-2,9-13)11(15)14(3)10-6-7-18(16,17)8-10/h10H,4-9,13H2,1-3H3. The molecule has 18 heavy (non-hydrogen) atoms. The lowest BCUT2D eigenvalue weighted by Crippen LogP contribution is -2.50. The van der Waals surface area contributed by atoms with Gasteiger partial charge in [-0.3, -0.25) is 4.79 Å². The summed E-state index contributed by atoms with van der Waals surface area (Å²) in [5.41, 5.74) is 5.21. The molecule has 0 spiro atoms. The largest absolute Gasteiger partial charge is 0.341 e. The first kappa shape index (κ1) is 15.4. The quantitative estimate of drug-likeness (QED) is 0.788. The summed E-state index contributed by atoms with van der Waals surface area (Å²) in [4.78, 5) is 14.1. The van der Waals surface area contributed by atoms with Gasteiger partial charge in [-0.15, -0.1) is 0 Å². The van der Waals surface area contributed by atoms with E-state index < -0.39 is 15.3 Å². The average molecular weight is 276 g/mol.